The second-order valence-corrected chi connectivity index (χ2v) is 11.7. The fraction of sp³-hybridized carbons (Fsp3) is 0.571. The lowest BCUT2D eigenvalue weighted by Gasteiger charge is -2.28. The van der Waals surface area contributed by atoms with Gasteiger partial charge in [-0.15, -0.1) is 10.2 Å². The first-order chi connectivity index (χ1) is 14.8. The van der Waals surface area contributed by atoms with Crippen LogP contribution in [0.3, 0.4) is 0 Å². The Balaban J connectivity index is 1.37. The molecule has 1 aromatic heterocycles. The summed E-state index contributed by atoms with van der Waals surface area (Å²) in [7, 11) is -3.13. The predicted molar refractivity (Wildman–Crippen MR) is 121 cm³/mol. The monoisotopic (exact) mass is 463 g/mol. The van der Waals surface area contributed by atoms with E-state index in [1.807, 2.05) is 16.7 Å². The summed E-state index contributed by atoms with van der Waals surface area (Å²) >= 11 is 1.30. The summed E-state index contributed by atoms with van der Waals surface area (Å²) in [5, 5.41) is 11.7. The number of aromatic nitrogens is 3. The third-order valence-electron chi connectivity index (χ3n) is 5.97. The lowest BCUT2D eigenvalue weighted by Crippen LogP contribution is -2.50. The van der Waals surface area contributed by atoms with E-state index in [0.717, 1.165) is 31.6 Å². The molecule has 10 heteroatoms. The molecule has 3 heterocycles. The predicted octanol–water partition coefficient (Wildman–Crippen LogP) is 1.86. The Morgan fingerprint density at radius 3 is 2.58 bits per heavy atom. The molecule has 168 valence electrons. The Labute approximate surface area is 187 Å². The van der Waals surface area contributed by atoms with Crippen molar-refractivity contribution in [1.82, 2.24) is 25.0 Å². The van der Waals surface area contributed by atoms with Gasteiger partial charge in [0.05, 0.1) is 23.3 Å². The summed E-state index contributed by atoms with van der Waals surface area (Å²) in [4.78, 5) is 14.8. The van der Waals surface area contributed by atoms with Crippen LogP contribution in [0, 0.1) is 0 Å². The number of benzene rings is 1. The van der Waals surface area contributed by atoms with Crippen molar-refractivity contribution in [2.75, 3.05) is 30.3 Å². The third kappa shape index (κ3) is 5.30. The molecule has 0 saturated carbocycles. The highest BCUT2D eigenvalue weighted by Crippen LogP contribution is 2.24. The van der Waals surface area contributed by atoms with E-state index >= 15 is 0 Å². The van der Waals surface area contributed by atoms with Gasteiger partial charge in [0, 0.05) is 11.7 Å². The van der Waals surface area contributed by atoms with Crippen LogP contribution in [0.2, 0.25) is 0 Å². The van der Waals surface area contributed by atoms with E-state index in [2.05, 4.69) is 46.4 Å². The number of nitrogens with zero attached hydrogens (tertiary/aromatic N) is 4. The Morgan fingerprint density at radius 1 is 1.19 bits per heavy atom. The first-order valence-corrected chi connectivity index (χ1v) is 13.5. The van der Waals surface area contributed by atoms with Gasteiger partial charge in [-0.25, -0.2) is 8.42 Å². The summed E-state index contributed by atoms with van der Waals surface area (Å²) in [6.45, 7) is 6.11. The Kier molecular flexibility index (Phi) is 6.68. The molecule has 4 rings (SSSR count). The summed E-state index contributed by atoms with van der Waals surface area (Å²) in [5.41, 5.74) is 2.19. The molecule has 2 atom stereocenters. The van der Waals surface area contributed by atoms with Crippen molar-refractivity contribution in [2.24, 2.45) is 0 Å². The van der Waals surface area contributed by atoms with Crippen LogP contribution in [-0.2, 0) is 14.6 Å². The largest absolute Gasteiger partial charge is 0.350 e. The van der Waals surface area contributed by atoms with Crippen molar-refractivity contribution >= 4 is 27.5 Å². The molecule has 31 heavy (non-hydrogen) atoms. The average Bonchev–Trinajstić information content (AvgIpc) is 3.46. The minimum Gasteiger partial charge on any atom is -0.350 e. The second-order valence-electron chi connectivity index (χ2n) is 8.58. The van der Waals surface area contributed by atoms with Gasteiger partial charge in [0.1, 0.15) is 6.33 Å². The van der Waals surface area contributed by atoms with Gasteiger partial charge in [-0.1, -0.05) is 37.7 Å². The van der Waals surface area contributed by atoms with Crippen LogP contribution in [0.4, 0.5) is 0 Å². The third-order valence-corrected chi connectivity index (χ3v) is 8.62. The molecule has 0 spiro atoms. The maximum absolute atomic E-state index is 12.6. The first kappa shape index (κ1) is 22.3. The molecular formula is C21H29N5O3S2. The van der Waals surface area contributed by atoms with E-state index in [1.54, 1.807) is 6.33 Å². The normalized spacial score (nSPS) is 23.5. The molecule has 2 unspecified atom stereocenters. The van der Waals surface area contributed by atoms with Gasteiger partial charge in [0.2, 0.25) is 5.91 Å². The molecule has 1 aromatic carbocycles. The molecule has 2 fully saturated rings. The van der Waals surface area contributed by atoms with Gasteiger partial charge in [0.15, 0.2) is 15.0 Å². The minimum atomic E-state index is -3.13. The fourth-order valence-electron chi connectivity index (χ4n) is 4.30. The van der Waals surface area contributed by atoms with Gasteiger partial charge in [-0.3, -0.25) is 14.3 Å². The average molecular weight is 464 g/mol. The number of carbonyl (C=O) groups is 1. The van der Waals surface area contributed by atoms with E-state index in [-0.39, 0.29) is 35.2 Å². The number of hydrogen-bond donors (Lipinski definition) is 1. The maximum Gasteiger partial charge on any atom is 0.230 e. The van der Waals surface area contributed by atoms with E-state index in [0.29, 0.717) is 11.1 Å². The molecule has 0 bridgehead atoms. The molecule has 2 saturated heterocycles. The van der Waals surface area contributed by atoms with Gasteiger partial charge in [-0.05, 0) is 49.5 Å². The molecule has 1 N–H and O–H groups in total. The van der Waals surface area contributed by atoms with E-state index in [1.165, 1.54) is 17.3 Å². The quantitative estimate of drug-likeness (QED) is 0.626. The van der Waals surface area contributed by atoms with E-state index < -0.39 is 9.84 Å². The number of thioether (sulfide) groups is 1. The SMILES string of the molecule is CC(C)c1ccc(-n2cnnc2SCC(=O)NC2CS(=O)(=O)CC2N2CCCC2)cc1. The Morgan fingerprint density at radius 2 is 1.90 bits per heavy atom. The standard InChI is InChI=1S/C21H29N5O3S2/c1-15(2)16-5-7-17(8-6-16)26-14-22-24-21(26)30-11-20(27)23-18-12-31(28,29)13-19(18)25-9-3-4-10-25/h5-8,14-15,18-19H,3-4,9-13H2,1-2H3,(H,23,27). The Hall–Kier alpha value is -1.91. The van der Waals surface area contributed by atoms with Crippen LogP contribution >= 0.6 is 11.8 Å². The number of amides is 1. The number of hydrogen-bond acceptors (Lipinski definition) is 7. The van der Waals surface area contributed by atoms with Crippen LogP contribution in [0.1, 0.15) is 38.2 Å². The summed E-state index contributed by atoms with van der Waals surface area (Å²) in [5.74, 6) is 0.582. The van der Waals surface area contributed by atoms with Crippen molar-refractivity contribution in [3.63, 3.8) is 0 Å². The summed E-state index contributed by atoms with van der Waals surface area (Å²) in [6, 6.07) is 7.74. The van der Waals surface area contributed by atoms with Crippen LogP contribution in [0.15, 0.2) is 35.7 Å². The molecule has 0 radical (unpaired) electrons. The van der Waals surface area contributed by atoms with Gasteiger partial charge < -0.3 is 5.32 Å². The maximum atomic E-state index is 12.6. The number of sulfone groups is 1. The minimum absolute atomic E-state index is 0.0168. The topological polar surface area (TPSA) is 97.2 Å². The van der Waals surface area contributed by atoms with Crippen molar-refractivity contribution < 1.29 is 13.2 Å². The highest BCUT2D eigenvalue weighted by Gasteiger charge is 2.42. The highest BCUT2D eigenvalue weighted by atomic mass is 32.2. The highest BCUT2D eigenvalue weighted by molar-refractivity contribution is 7.99. The lowest BCUT2D eigenvalue weighted by molar-refractivity contribution is -0.119. The zero-order chi connectivity index (χ0) is 22.0. The van der Waals surface area contributed by atoms with Gasteiger partial charge in [-0.2, -0.15) is 0 Å². The smallest absolute Gasteiger partial charge is 0.230 e. The van der Waals surface area contributed by atoms with Crippen LogP contribution < -0.4 is 5.32 Å². The number of nitrogens with one attached hydrogen (secondary N) is 1. The van der Waals surface area contributed by atoms with Crippen LogP contribution in [-0.4, -0.2) is 76.4 Å². The molecule has 2 aliphatic rings. The second kappa shape index (κ2) is 9.30. The Bertz CT molecular complexity index is 1010. The lowest BCUT2D eigenvalue weighted by atomic mass is 10.0. The van der Waals surface area contributed by atoms with Crippen LogP contribution in [0.5, 0.6) is 0 Å². The van der Waals surface area contributed by atoms with E-state index in [9.17, 15) is 13.2 Å². The molecule has 8 nitrogen and oxygen atoms in total. The zero-order valence-electron chi connectivity index (χ0n) is 17.9. The van der Waals surface area contributed by atoms with Crippen molar-refractivity contribution in [1.29, 1.82) is 0 Å². The fourth-order valence-corrected chi connectivity index (χ4v) is 6.99. The molecule has 0 aliphatic carbocycles. The number of likely N-dealkylation sites (tertiary alicyclic amines) is 1. The van der Waals surface area contributed by atoms with E-state index in [4.69, 9.17) is 0 Å². The van der Waals surface area contributed by atoms with Gasteiger partial charge in [0.25, 0.3) is 0 Å². The van der Waals surface area contributed by atoms with Crippen molar-refractivity contribution in [3.8, 4) is 5.69 Å². The number of carbonyl (C=O) groups excluding carboxylic acids is 1. The van der Waals surface area contributed by atoms with Crippen LogP contribution in [0.25, 0.3) is 5.69 Å². The molecule has 2 aliphatic heterocycles. The summed E-state index contributed by atoms with van der Waals surface area (Å²) < 4.78 is 26.3. The van der Waals surface area contributed by atoms with Gasteiger partial charge >= 0.3 is 0 Å². The molecular weight excluding hydrogens is 434 g/mol. The number of rotatable bonds is 7. The summed E-state index contributed by atoms with van der Waals surface area (Å²) in [6.07, 6.45) is 3.80. The van der Waals surface area contributed by atoms with Crippen molar-refractivity contribution in [2.45, 2.75) is 49.8 Å². The first-order valence-electron chi connectivity index (χ1n) is 10.7. The molecule has 2 aromatic rings. The molecule has 1 amide bonds. The van der Waals surface area contributed by atoms with Crippen molar-refractivity contribution in [3.05, 3.63) is 36.2 Å². The zero-order valence-corrected chi connectivity index (χ0v) is 19.5.